The SMILES string of the molecule is NC(c1nccc(=O)[nH]1)C1CC1. The molecule has 1 aromatic rings. The molecule has 0 bridgehead atoms. The van der Waals surface area contributed by atoms with E-state index in [1.54, 1.807) is 0 Å². The van der Waals surface area contributed by atoms with E-state index in [-0.39, 0.29) is 11.6 Å². The average Bonchev–Trinajstić information content (AvgIpc) is 2.85. The normalized spacial score (nSPS) is 19.1. The quantitative estimate of drug-likeness (QED) is 0.656. The van der Waals surface area contributed by atoms with Crippen LogP contribution in [0.15, 0.2) is 17.1 Å². The third-order valence-electron chi connectivity index (χ3n) is 2.14. The molecule has 2 rings (SSSR count). The molecule has 1 aliphatic carbocycles. The molecule has 0 saturated heterocycles. The van der Waals surface area contributed by atoms with E-state index in [2.05, 4.69) is 9.97 Å². The lowest BCUT2D eigenvalue weighted by Gasteiger charge is -2.07. The second-order valence-electron chi connectivity index (χ2n) is 3.18. The summed E-state index contributed by atoms with van der Waals surface area (Å²) in [7, 11) is 0. The minimum Gasteiger partial charge on any atom is -0.321 e. The van der Waals surface area contributed by atoms with E-state index in [1.165, 1.54) is 12.3 Å². The number of hydrogen-bond donors (Lipinski definition) is 2. The fourth-order valence-corrected chi connectivity index (χ4v) is 1.23. The van der Waals surface area contributed by atoms with Crippen molar-refractivity contribution >= 4 is 0 Å². The van der Waals surface area contributed by atoms with Crippen LogP contribution in [0.4, 0.5) is 0 Å². The zero-order chi connectivity index (χ0) is 8.55. The highest BCUT2D eigenvalue weighted by Gasteiger charge is 2.30. The number of hydrogen-bond acceptors (Lipinski definition) is 3. The molecule has 1 heterocycles. The van der Waals surface area contributed by atoms with Gasteiger partial charge in [-0.1, -0.05) is 0 Å². The molecule has 12 heavy (non-hydrogen) atoms. The Hall–Kier alpha value is -1.16. The molecule has 0 aromatic carbocycles. The van der Waals surface area contributed by atoms with Gasteiger partial charge in [0.1, 0.15) is 5.82 Å². The Morgan fingerprint density at radius 3 is 3.00 bits per heavy atom. The van der Waals surface area contributed by atoms with E-state index in [4.69, 9.17) is 5.73 Å². The van der Waals surface area contributed by atoms with Crippen molar-refractivity contribution in [2.24, 2.45) is 11.7 Å². The molecule has 3 N–H and O–H groups in total. The maximum atomic E-state index is 10.9. The molecule has 64 valence electrons. The molecule has 1 saturated carbocycles. The largest absolute Gasteiger partial charge is 0.321 e. The molecule has 0 spiro atoms. The molecule has 1 fully saturated rings. The van der Waals surface area contributed by atoms with Gasteiger partial charge < -0.3 is 10.7 Å². The van der Waals surface area contributed by atoms with Crippen LogP contribution in [0, 0.1) is 5.92 Å². The summed E-state index contributed by atoms with van der Waals surface area (Å²) >= 11 is 0. The number of H-pyrrole nitrogens is 1. The fraction of sp³-hybridized carbons (Fsp3) is 0.500. The van der Waals surface area contributed by atoms with Crippen LogP contribution >= 0.6 is 0 Å². The van der Waals surface area contributed by atoms with E-state index >= 15 is 0 Å². The lowest BCUT2D eigenvalue weighted by Crippen LogP contribution is -2.20. The second kappa shape index (κ2) is 2.71. The third kappa shape index (κ3) is 1.38. The molecule has 4 heteroatoms. The predicted octanol–water partition coefficient (Wildman–Crippen LogP) is 0.180. The lowest BCUT2D eigenvalue weighted by molar-refractivity contribution is 0.590. The van der Waals surface area contributed by atoms with Gasteiger partial charge in [0.15, 0.2) is 0 Å². The van der Waals surface area contributed by atoms with Crippen molar-refractivity contribution in [1.82, 2.24) is 9.97 Å². The highest BCUT2D eigenvalue weighted by molar-refractivity contribution is 5.00. The molecule has 1 unspecified atom stereocenters. The third-order valence-corrected chi connectivity index (χ3v) is 2.14. The molecule has 0 amide bonds. The summed E-state index contributed by atoms with van der Waals surface area (Å²) in [5.41, 5.74) is 5.71. The molecule has 1 aliphatic rings. The van der Waals surface area contributed by atoms with Crippen molar-refractivity contribution in [2.45, 2.75) is 18.9 Å². The summed E-state index contributed by atoms with van der Waals surface area (Å²) in [6.45, 7) is 0. The monoisotopic (exact) mass is 165 g/mol. The first kappa shape index (κ1) is 7.49. The molecular weight excluding hydrogens is 154 g/mol. The van der Waals surface area contributed by atoms with Crippen molar-refractivity contribution in [3.05, 3.63) is 28.4 Å². The summed E-state index contributed by atoms with van der Waals surface area (Å²) in [6, 6.07) is 1.31. The van der Waals surface area contributed by atoms with Crippen LogP contribution < -0.4 is 11.3 Å². The number of aromatic nitrogens is 2. The van der Waals surface area contributed by atoms with Crippen molar-refractivity contribution in [1.29, 1.82) is 0 Å². The maximum Gasteiger partial charge on any atom is 0.250 e. The minimum atomic E-state index is -0.129. The van der Waals surface area contributed by atoms with Gasteiger partial charge in [0.25, 0.3) is 5.56 Å². The zero-order valence-electron chi connectivity index (χ0n) is 6.66. The summed E-state index contributed by atoms with van der Waals surface area (Å²) in [5, 5.41) is 0. The van der Waals surface area contributed by atoms with Crippen LogP contribution in [0.3, 0.4) is 0 Å². The van der Waals surface area contributed by atoms with Crippen LogP contribution in [0.5, 0.6) is 0 Å². The highest BCUT2D eigenvalue weighted by Crippen LogP contribution is 2.37. The number of nitrogens with one attached hydrogen (secondary N) is 1. The first-order valence-electron chi connectivity index (χ1n) is 4.08. The minimum absolute atomic E-state index is 0.0844. The fourth-order valence-electron chi connectivity index (χ4n) is 1.23. The Labute approximate surface area is 69.8 Å². The smallest absolute Gasteiger partial charge is 0.250 e. The van der Waals surface area contributed by atoms with E-state index in [0.717, 1.165) is 12.8 Å². The Morgan fingerprint density at radius 2 is 2.42 bits per heavy atom. The Balaban J connectivity index is 2.26. The topological polar surface area (TPSA) is 71.8 Å². The standard InChI is InChI=1S/C8H11N3O/c9-7(5-1-2-5)8-10-4-3-6(12)11-8/h3-5,7H,1-2,9H2,(H,10,11,12). The van der Waals surface area contributed by atoms with Crippen LogP contribution in [0.25, 0.3) is 0 Å². The molecule has 4 nitrogen and oxygen atoms in total. The zero-order valence-corrected chi connectivity index (χ0v) is 6.66. The molecule has 1 aromatic heterocycles. The van der Waals surface area contributed by atoms with Gasteiger partial charge in [-0.2, -0.15) is 0 Å². The summed E-state index contributed by atoms with van der Waals surface area (Å²) in [4.78, 5) is 17.5. The molecule has 0 radical (unpaired) electrons. The van der Waals surface area contributed by atoms with Crippen molar-refractivity contribution in [2.75, 3.05) is 0 Å². The Bertz CT molecular complexity index is 329. The van der Waals surface area contributed by atoms with Crippen LogP contribution in [-0.2, 0) is 0 Å². The van der Waals surface area contributed by atoms with Crippen LogP contribution in [0.2, 0.25) is 0 Å². The van der Waals surface area contributed by atoms with Gasteiger partial charge in [0.2, 0.25) is 0 Å². The molecular formula is C8H11N3O. The number of aromatic amines is 1. The van der Waals surface area contributed by atoms with Crippen molar-refractivity contribution < 1.29 is 0 Å². The average molecular weight is 165 g/mol. The van der Waals surface area contributed by atoms with E-state index in [9.17, 15) is 4.79 Å². The van der Waals surface area contributed by atoms with Gasteiger partial charge in [-0.3, -0.25) is 4.79 Å². The number of nitrogens with zero attached hydrogens (tertiary/aromatic N) is 1. The Morgan fingerprint density at radius 1 is 1.67 bits per heavy atom. The van der Waals surface area contributed by atoms with E-state index < -0.39 is 0 Å². The van der Waals surface area contributed by atoms with Crippen molar-refractivity contribution in [3.8, 4) is 0 Å². The Kier molecular flexibility index (Phi) is 1.69. The number of rotatable bonds is 2. The highest BCUT2D eigenvalue weighted by atomic mass is 16.1. The predicted molar refractivity (Wildman–Crippen MR) is 44.5 cm³/mol. The first-order valence-corrected chi connectivity index (χ1v) is 4.08. The maximum absolute atomic E-state index is 10.9. The van der Waals surface area contributed by atoms with Crippen LogP contribution in [0.1, 0.15) is 24.7 Å². The molecule has 1 atom stereocenters. The summed E-state index contributed by atoms with van der Waals surface area (Å²) < 4.78 is 0. The lowest BCUT2D eigenvalue weighted by atomic mass is 10.2. The van der Waals surface area contributed by atoms with Crippen LogP contribution in [-0.4, -0.2) is 9.97 Å². The van der Waals surface area contributed by atoms with E-state index in [1.807, 2.05) is 0 Å². The van der Waals surface area contributed by atoms with Gasteiger partial charge in [0.05, 0.1) is 6.04 Å². The first-order chi connectivity index (χ1) is 5.77. The summed E-state index contributed by atoms with van der Waals surface area (Å²) in [6.07, 6.45) is 3.80. The van der Waals surface area contributed by atoms with Gasteiger partial charge in [-0.05, 0) is 18.8 Å². The van der Waals surface area contributed by atoms with Gasteiger partial charge in [-0.25, -0.2) is 4.98 Å². The van der Waals surface area contributed by atoms with Gasteiger partial charge in [0, 0.05) is 12.3 Å². The van der Waals surface area contributed by atoms with E-state index in [0.29, 0.717) is 11.7 Å². The van der Waals surface area contributed by atoms with Crippen molar-refractivity contribution in [3.63, 3.8) is 0 Å². The second-order valence-corrected chi connectivity index (χ2v) is 3.18. The summed E-state index contributed by atoms with van der Waals surface area (Å²) in [5.74, 6) is 1.14. The number of nitrogens with two attached hydrogens (primary N) is 1. The molecule has 0 aliphatic heterocycles. The van der Waals surface area contributed by atoms with Gasteiger partial charge in [-0.15, -0.1) is 0 Å². The van der Waals surface area contributed by atoms with Gasteiger partial charge >= 0.3 is 0 Å².